The summed E-state index contributed by atoms with van der Waals surface area (Å²) >= 11 is 0. The van der Waals surface area contributed by atoms with Gasteiger partial charge in [0.2, 0.25) is 0 Å². The van der Waals surface area contributed by atoms with Gasteiger partial charge in [-0.1, -0.05) is 48.0 Å². The third-order valence-corrected chi connectivity index (χ3v) is 5.75. The van der Waals surface area contributed by atoms with E-state index in [0.717, 1.165) is 16.7 Å². The molecule has 136 valence electrons. The number of aryl methyl sites for hydroxylation is 2. The summed E-state index contributed by atoms with van der Waals surface area (Å²) in [4.78, 5) is 4.89. The minimum absolute atomic E-state index is 0.217. The molecule has 4 rings (SSSR count). The normalized spacial score (nSPS) is 11.6. The highest BCUT2D eigenvalue weighted by molar-refractivity contribution is 7.92. The van der Waals surface area contributed by atoms with E-state index < -0.39 is 10.0 Å². The first-order valence-corrected chi connectivity index (χ1v) is 10.1. The van der Waals surface area contributed by atoms with E-state index in [2.05, 4.69) is 9.71 Å². The lowest BCUT2D eigenvalue weighted by Gasteiger charge is -2.10. The van der Waals surface area contributed by atoms with Crippen LogP contribution >= 0.6 is 0 Å². The third kappa shape index (κ3) is 3.31. The molecule has 0 aliphatic rings. The van der Waals surface area contributed by atoms with E-state index in [9.17, 15) is 8.42 Å². The van der Waals surface area contributed by atoms with E-state index in [1.165, 1.54) is 0 Å². The molecule has 2 heterocycles. The van der Waals surface area contributed by atoms with Crippen molar-refractivity contribution in [2.24, 2.45) is 0 Å². The van der Waals surface area contributed by atoms with Gasteiger partial charge in [0, 0.05) is 11.8 Å². The van der Waals surface area contributed by atoms with Crippen LogP contribution in [0.1, 0.15) is 11.1 Å². The monoisotopic (exact) mass is 377 g/mol. The molecule has 0 saturated carbocycles. The predicted octanol–water partition coefficient (Wildman–Crippen LogP) is 4.42. The molecule has 0 fully saturated rings. The number of imidazole rings is 1. The first-order valence-electron chi connectivity index (χ1n) is 8.58. The molecule has 1 N–H and O–H groups in total. The number of benzene rings is 2. The molecule has 2 aromatic carbocycles. The maximum absolute atomic E-state index is 13.0. The van der Waals surface area contributed by atoms with Crippen LogP contribution in [0.4, 0.5) is 5.82 Å². The van der Waals surface area contributed by atoms with Crippen molar-refractivity contribution in [3.05, 3.63) is 84.1 Å². The Kier molecular flexibility index (Phi) is 4.20. The number of nitrogens with one attached hydrogen (secondary N) is 1. The maximum atomic E-state index is 13.0. The van der Waals surface area contributed by atoms with Crippen molar-refractivity contribution in [3.8, 4) is 11.3 Å². The van der Waals surface area contributed by atoms with Crippen LogP contribution in [0.3, 0.4) is 0 Å². The van der Waals surface area contributed by atoms with Crippen molar-refractivity contribution < 1.29 is 8.42 Å². The number of hydrogen-bond donors (Lipinski definition) is 1. The average Bonchev–Trinajstić information content (AvgIpc) is 2.99. The standard InChI is InChI=1S/C21H19N3O2S/c1-15-8-10-18(11-9-15)27(25,26)23-21-20(17-6-4-3-5-7-17)22-19-14-16(2)12-13-24(19)21/h3-14,23H,1-2H3. The number of hydrogen-bond acceptors (Lipinski definition) is 3. The molecule has 0 aliphatic carbocycles. The van der Waals surface area contributed by atoms with Crippen LogP contribution in [-0.2, 0) is 10.0 Å². The molecule has 27 heavy (non-hydrogen) atoms. The van der Waals surface area contributed by atoms with Crippen LogP contribution in [0.5, 0.6) is 0 Å². The van der Waals surface area contributed by atoms with Crippen LogP contribution in [0.25, 0.3) is 16.9 Å². The van der Waals surface area contributed by atoms with E-state index in [-0.39, 0.29) is 4.90 Å². The number of nitrogens with zero attached hydrogens (tertiary/aromatic N) is 2. The molecule has 6 heteroatoms. The molecule has 0 amide bonds. The fraction of sp³-hybridized carbons (Fsp3) is 0.0952. The van der Waals surface area contributed by atoms with Gasteiger partial charge in [-0.3, -0.25) is 9.12 Å². The molecule has 0 saturated heterocycles. The number of pyridine rings is 1. The molecular weight excluding hydrogens is 358 g/mol. The number of rotatable bonds is 4. The van der Waals surface area contributed by atoms with Gasteiger partial charge >= 0.3 is 0 Å². The second kappa shape index (κ2) is 6.55. The van der Waals surface area contributed by atoms with Gasteiger partial charge in [-0.15, -0.1) is 0 Å². The largest absolute Gasteiger partial charge is 0.285 e. The summed E-state index contributed by atoms with van der Waals surface area (Å²) in [5.41, 5.74) is 4.19. The van der Waals surface area contributed by atoms with Crippen molar-refractivity contribution >= 4 is 21.5 Å². The lowest BCUT2D eigenvalue weighted by Crippen LogP contribution is -2.15. The summed E-state index contributed by atoms with van der Waals surface area (Å²) in [6.45, 7) is 3.90. The zero-order valence-electron chi connectivity index (χ0n) is 15.0. The Morgan fingerprint density at radius 3 is 2.30 bits per heavy atom. The first-order chi connectivity index (χ1) is 12.9. The Labute approximate surface area is 158 Å². The molecule has 5 nitrogen and oxygen atoms in total. The van der Waals surface area contributed by atoms with Crippen LogP contribution in [0, 0.1) is 13.8 Å². The van der Waals surface area contributed by atoms with E-state index in [4.69, 9.17) is 0 Å². The van der Waals surface area contributed by atoms with Crippen molar-refractivity contribution in [2.75, 3.05) is 4.72 Å². The van der Waals surface area contributed by atoms with Gasteiger partial charge in [-0.2, -0.15) is 0 Å². The van der Waals surface area contributed by atoms with Gasteiger partial charge in [0.15, 0.2) is 5.82 Å². The zero-order chi connectivity index (χ0) is 19.0. The zero-order valence-corrected chi connectivity index (χ0v) is 15.9. The van der Waals surface area contributed by atoms with Crippen LogP contribution < -0.4 is 4.72 Å². The Morgan fingerprint density at radius 2 is 1.59 bits per heavy atom. The van der Waals surface area contributed by atoms with Gasteiger partial charge < -0.3 is 0 Å². The smallest absolute Gasteiger partial charge is 0.263 e. The van der Waals surface area contributed by atoms with E-state index in [0.29, 0.717) is 17.2 Å². The van der Waals surface area contributed by atoms with Gasteiger partial charge in [-0.05, 0) is 43.7 Å². The van der Waals surface area contributed by atoms with Gasteiger partial charge in [0.05, 0.1) is 4.90 Å². The molecule has 0 aliphatic heterocycles. The molecule has 0 bridgehead atoms. The quantitative estimate of drug-likeness (QED) is 0.573. The summed E-state index contributed by atoms with van der Waals surface area (Å²) in [5.74, 6) is 0.428. The fourth-order valence-corrected chi connectivity index (χ4v) is 4.01. The first kappa shape index (κ1) is 17.3. The molecule has 0 unspecified atom stereocenters. The highest BCUT2D eigenvalue weighted by Gasteiger charge is 2.21. The Hall–Kier alpha value is -3.12. The fourth-order valence-electron chi connectivity index (χ4n) is 2.95. The topological polar surface area (TPSA) is 63.5 Å². The van der Waals surface area contributed by atoms with Gasteiger partial charge in [0.25, 0.3) is 10.0 Å². The maximum Gasteiger partial charge on any atom is 0.263 e. The van der Waals surface area contributed by atoms with E-state index in [1.807, 2.05) is 62.5 Å². The third-order valence-electron chi connectivity index (χ3n) is 4.39. The number of fused-ring (bicyclic) bond motifs is 1. The van der Waals surface area contributed by atoms with Crippen molar-refractivity contribution in [1.29, 1.82) is 0 Å². The van der Waals surface area contributed by atoms with E-state index >= 15 is 0 Å². The van der Waals surface area contributed by atoms with Gasteiger partial charge in [0.1, 0.15) is 11.3 Å². The summed E-state index contributed by atoms with van der Waals surface area (Å²) in [5, 5.41) is 0. The number of sulfonamides is 1. The Morgan fingerprint density at radius 1 is 0.889 bits per heavy atom. The van der Waals surface area contributed by atoms with Crippen LogP contribution in [0.2, 0.25) is 0 Å². The molecular formula is C21H19N3O2S. The lowest BCUT2D eigenvalue weighted by molar-refractivity contribution is 0.601. The van der Waals surface area contributed by atoms with Crippen molar-refractivity contribution in [1.82, 2.24) is 9.38 Å². The average molecular weight is 377 g/mol. The molecule has 4 aromatic rings. The minimum atomic E-state index is -3.74. The number of anilines is 1. The van der Waals surface area contributed by atoms with Crippen molar-refractivity contribution in [3.63, 3.8) is 0 Å². The molecule has 0 radical (unpaired) electrons. The molecule has 2 aromatic heterocycles. The summed E-state index contributed by atoms with van der Waals surface area (Å²) in [6, 6.07) is 20.2. The molecule has 0 atom stereocenters. The van der Waals surface area contributed by atoms with Crippen LogP contribution in [-0.4, -0.2) is 17.8 Å². The Balaban J connectivity index is 1.88. The highest BCUT2D eigenvalue weighted by Crippen LogP contribution is 2.30. The second-order valence-corrected chi connectivity index (χ2v) is 8.21. The minimum Gasteiger partial charge on any atom is -0.285 e. The predicted molar refractivity (Wildman–Crippen MR) is 107 cm³/mol. The highest BCUT2D eigenvalue weighted by atomic mass is 32.2. The SMILES string of the molecule is Cc1ccc(S(=O)(=O)Nc2c(-c3ccccc3)nc3cc(C)ccn23)cc1. The summed E-state index contributed by atoms with van der Waals surface area (Å²) in [7, 11) is -3.74. The summed E-state index contributed by atoms with van der Waals surface area (Å²) in [6.07, 6.45) is 1.83. The lowest BCUT2D eigenvalue weighted by atomic mass is 10.1. The van der Waals surface area contributed by atoms with E-state index in [1.54, 1.807) is 28.7 Å². The van der Waals surface area contributed by atoms with Gasteiger partial charge in [-0.25, -0.2) is 13.4 Å². The van der Waals surface area contributed by atoms with Crippen molar-refractivity contribution in [2.45, 2.75) is 18.7 Å². The molecule has 0 spiro atoms. The van der Waals surface area contributed by atoms with Crippen LogP contribution in [0.15, 0.2) is 77.8 Å². The summed E-state index contributed by atoms with van der Waals surface area (Å²) < 4.78 is 30.4. The number of aromatic nitrogens is 2. The Bertz CT molecular complexity index is 1210. The second-order valence-electron chi connectivity index (χ2n) is 6.53.